The van der Waals surface area contributed by atoms with Crippen molar-refractivity contribution in [3.05, 3.63) is 11.4 Å². The average molecular weight is 278 g/mol. The Bertz CT molecular complexity index is 415. The summed E-state index contributed by atoms with van der Waals surface area (Å²) in [5.41, 5.74) is 1.15. The van der Waals surface area contributed by atoms with Gasteiger partial charge in [-0.3, -0.25) is 0 Å². The summed E-state index contributed by atoms with van der Waals surface area (Å²) in [6.45, 7) is 12.8. The van der Waals surface area contributed by atoms with Gasteiger partial charge in [0.15, 0.2) is 0 Å². The van der Waals surface area contributed by atoms with Gasteiger partial charge in [0, 0.05) is 31.6 Å². The summed E-state index contributed by atoms with van der Waals surface area (Å²) in [6, 6.07) is 0. The molecule has 0 fully saturated rings. The Morgan fingerprint density at radius 3 is 2.40 bits per heavy atom. The van der Waals surface area contributed by atoms with Crippen molar-refractivity contribution in [1.29, 1.82) is 0 Å². The van der Waals surface area contributed by atoms with Crippen LogP contribution in [-0.2, 0) is 0 Å². The quantitative estimate of drug-likeness (QED) is 0.781. The van der Waals surface area contributed by atoms with Crippen molar-refractivity contribution in [3.63, 3.8) is 0 Å². The summed E-state index contributed by atoms with van der Waals surface area (Å²) in [7, 11) is 2.12. The van der Waals surface area contributed by atoms with Crippen LogP contribution in [0, 0.1) is 6.92 Å². The van der Waals surface area contributed by atoms with Crippen molar-refractivity contribution in [2.45, 2.75) is 59.8 Å². The van der Waals surface area contributed by atoms with E-state index < -0.39 is 0 Å². The van der Waals surface area contributed by atoms with Crippen LogP contribution in [0.3, 0.4) is 0 Å². The van der Waals surface area contributed by atoms with E-state index in [1.54, 1.807) is 0 Å². The van der Waals surface area contributed by atoms with E-state index in [1.165, 1.54) is 12.8 Å². The third kappa shape index (κ3) is 4.36. The molecule has 0 aliphatic rings. The molecular formula is C16H30N4. The lowest BCUT2D eigenvalue weighted by atomic mass is 10.2. The Morgan fingerprint density at radius 1 is 1.15 bits per heavy atom. The number of anilines is 2. The maximum atomic E-state index is 4.77. The molecule has 0 saturated heterocycles. The molecule has 20 heavy (non-hydrogen) atoms. The average Bonchev–Trinajstić information content (AvgIpc) is 2.43. The van der Waals surface area contributed by atoms with Crippen LogP contribution in [0.25, 0.3) is 0 Å². The summed E-state index contributed by atoms with van der Waals surface area (Å²) < 4.78 is 0. The van der Waals surface area contributed by atoms with Gasteiger partial charge in [-0.25, -0.2) is 9.97 Å². The Labute approximate surface area is 124 Å². The lowest BCUT2D eigenvalue weighted by molar-refractivity contribution is 0.732. The second kappa shape index (κ2) is 8.08. The SMILES string of the molecule is CCCCN(C)c1nc(C(C)C)nc(NCCC)c1C. The van der Waals surface area contributed by atoms with E-state index in [0.29, 0.717) is 5.92 Å². The predicted octanol–water partition coefficient (Wildman–Crippen LogP) is 3.97. The van der Waals surface area contributed by atoms with Crippen LogP contribution >= 0.6 is 0 Å². The molecule has 1 aromatic rings. The van der Waals surface area contributed by atoms with E-state index >= 15 is 0 Å². The molecule has 1 N–H and O–H groups in total. The fraction of sp³-hybridized carbons (Fsp3) is 0.750. The van der Waals surface area contributed by atoms with Crippen LogP contribution < -0.4 is 10.2 Å². The molecule has 0 atom stereocenters. The highest BCUT2D eigenvalue weighted by molar-refractivity contribution is 5.58. The maximum Gasteiger partial charge on any atom is 0.137 e. The molecular weight excluding hydrogens is 248 g/mol. The fourth-order valence-electron chi connectivity index (χ4n) is 2.07. The number of nitrogens with zero attached hydrogens (tertiary/aromatic N) is 3. The Morgan fingerprint density at radius 2 is 1.85 bits per heavy atom. The summed E-state index contributed by atoms with van der Waals surface area (Å²) in [6.07, 6.45) is 3.49. The molecule has 4 nitrogen and oxygen atoms in total. The first-order chi connectivity index (χ1) is 9.51. The molecule has 0 aromatic carbocycles. The lowest BCUT2D eigenvalue weighted by Crippen LogP contribution is -2.23. The number of unbranched alkanes of at least 4 members (excludes halogenated alkanes) is 1. The monoisotopic (exact) mass is 278 g/mol. The molecule has 0 aliphatic heterocycles. The van der Waals surface area contributed by atoms with Crippen LogP contribution in [0.1, 0.15) is 64.3 Å². The van der Waals surface area contributed by atoms with Crippen molar-refractivity contribution in [3.8, 4) is 0 Å². The zero-order chi connectivity index (χ0) is 15.1. The summed E-state index contributed by atoms with van der Waals surface area (Å²) in [4.78, 5) is 11.7. The first-order valence-electron chi connectivity index (χ1n) is 7.84. The minimum absolute atomic E-state index is 0.344. The van der Waals surface area contributed by atoms with E-state index in [4.69, 9.17) is 4.98 Å². The number of nitrogens with one attached hydrogen (secondary N) is 1. The summed E-state index contributed by atoms with van der Waals surface area (Å²) >= 11 is 0. The van der Waals surface area contributed by atoms with Gasteiger partial charge in [0.1, 0.15) is 17.5 Å². The molecule has 114 valence electrons. The largest absolute Gasteiger partial charge is 0.370 e. The number of hydrogen-bond acceptors (Lipinski definition) is 4. The minimum atomic E-state index is 0.344. The van der Waals surface area contributed by atoms with E-state index in [-0.39, 0.29) is 0 Å². The summed E-state index contributed by atoms with van der Waals surface area (Å²) in [5.74, 6) is 3.32. The van der Waals surface area contributed by atoms with Gasteiger partial charge in [-0.1, -0.05) is 34.1 Å². The van der Waals surface area contributed by atoms with Gasteiger partial charge in [-0.2, -0.15) is 0 Å². The molecule has 4 heteroatoms. The van der Waals surface area contributed by atoms with Crippen molar-refractivity contribution >= 4 is 11.6 Å². The molecule has 0 amide bonds. The zero-order valence-corrected chi connectivity index (χ0v) is 14.0. The second-order valence-electron chi connectivity index (χ2n) is 5.74. The third-order valence-corrected chi connectivity index (χ3v) is 3.40. The molecule has 0 radical (unpaired) electrons. The topological polar surface area (TPSA) is 41.1 Å². The molecule has 0 aliphatic carbocycles. The molecule has 0 unspecified atom stereocenters. The van der Waals surface area contributed by atoms with Gasteiger partial charge in [-0.15, -0.1) is 0 Å². The van der Waals surface area contributed by atoms with Crippen LogP contribution in [0.4, 0.5) is 11.6 Å². The number of rotatable bonds is 8. The molecule has 0 bridgehead atoms. The van der Waals surface area contributed by atoms with Gasteiger partial charge in [0.05, 0.1) is 0 Å². The van der Waals surface area contributed by atoms with E-state index in [0.717, 1.165) is 42.5 Å². The van der Waals surface area contributed by atoms with Crippen molar-refractivity contribution in [2.24, 2.45) is 0 Å². The molecule has 1 aromatic heterocycles. The van der Waals surface area contributed by atoms with Gasteiger partial charge >= 0.3 is 0 Å². The van der Waals surface area contributed by atoms with E-state index in [2.05, 4.69) is 56.9 Å². The first kappa shape index (κ1) is 16.7. The van der Waals surface area contributed by atoms with Gasteiger partial charge < -0.3 is 10.2 Å². The Kier molecular flexibility index (Phi) is 6.76. The van der Waals surface area contributed by atoms with Crippen molar-refractivity contribution < 1.29 is 0 Å². The highest BCUT2D eigenvalue weighted by Gasteiger charge is 2.15. The molecule has 0 saturated carbocycles. The Balaban J connectivity index is 3.09. The second-order valence-corrected chi connectivity index (χ2v) is 5.74. The van der Waals surface area contributed by atoms with Gasteiger partial charge in [0.25, 0.3) is 0 Å². The van der Waals surface area contributed by atoms with E-state index in [1.807, 2.05) is 0 Å². The highest BCUT2D eigenvalue weighted by atomic mass is 15.2. The van der Waals surface area contributed by atoms with Crippen LogP contribution in [0.5, 0.6) is 0 Å². The van der Waals surface area contributed by atoms with Gasteiger partial charge in [-0.05, 0) is 19.8 Å². The molecule has 1 rings (SSSR count). The van der Waals surface area contributed by atoms with Crippen LogP contribution in [0.2, 0.25) is 0 Å². The van der Waals surface area contributed by atoms with E-state index in [9.17, 15) is 0 Å². The lowest BCUT2D eigenvalue weighted by Gasteiger charge is -2.23. The highest BCUT2D eigenvalue weighted by Crippen LogP contribution is 2.25. The summed E-state index contributed by atoms with van der Waals surface area (Å²) in [5, 5.41) is 3.43. The molecule has 1 heterocycles. The standard InChI is InChI=1S/C16H30N4/c1-7-9-11-20(6)16-13(5)15(17-10-8-2)18-14(19-16)12(3)4/h12H,7-11H2,1-6H3,(H,17,18,19). The normalized spacial score (nSPS) is 10.9. The van der Waals surface area contributed by atoms with Gasteiger partial charge in [0.2, 0.25) is 0 Å². The van der Waals surface area contributed by atoms with Crippen LogP contribution in [0.15, 0.2) is 0 Å². The van der Waals surface area contributed by atoms with Crippen molar-refractivity contribution in [2.75, 3.05) is 30.4 Å². The zero-order valence-electron chi connectivity index (χ0n) is 14.0. The maximum absolute atomic E-state index is 4.77. The predicted molar refractivity (Wildman–Crippen MR) is 87.8 cm³/mol. The van der Waals surface area contributed by atoms with Crippen molar-refractivity contribution in [1.82, 2.24) is 9.97 Å². The third-order valence-electron chi connectivity index (χ3n) is 3.40. The smallest absolute Gasteiger partial charge is 0.137 e. The number of aromatic nitrogens is 2. The first-order valence-corrected chi connectivity index (χ1v) is 7.84. The fourth-order valence-corrected chi connectivity index (χ4v) is 2.07. The number of hydrogen-bond donors (Lipinski definition) is 1. The van der Waals surface area contributed by atoms with Crippen LogP contribution in [-0.4, -0.2) is 30.1 Å². The molecule has 0 spiro atoms. The minimum Gasteiger partial charge on any atom is -0.370 e. The Hall–Kier alpha value is -1.32.